The van der Waals surface area contributed by atoms with Crippen LogP contribution in [-0.2, 0) is 0 Å². The molecule has 4 heteroatoms. The maximum atomic E-state index is 8.80. The second-order valence-electron chi connectivity index (χ2n) is 4.42. The Labute approximate surface area is 96.5 Å². The fourth-order valence-electron chi connectivity index (χ4n) is 1.66. The van der Waals surface area contributed by atoms with Crippen LogP contribution in [0.4, 0.5) is 11.5 Å². The molecule has 0 aliphatic rings. The lowest BCUT2D eigenvalue weighted by atomic mass is 10.1. The van der Waals surface area contributed by atoms with Crippen LogP contribution in [0.2, 0.25) is 0 Å². The minimum atomic E-state index is 0.279. The number of rotatable bonds is 4. The van der Waals surface area contributed by atoms with Gasteiger partial charge in [0.25, 0.3) is 0 Å². The molecule has 1 unspecified atom stereocenters. The molecule has 1 heterocycles. The summed E-state index contributed by atoms with van der Waals surface area (Å²) in [4.78, 5) is 4.14. The molecule has 0 radical (unpaired) electrons. The number of pyridine rings is 1. The molecule has 16 heavy (non-hydrogen) atoms. The van der Waals surface area contributed by atoms with Gasteiger partial charge in [-0.3, -0.25) is 0 Å². The van der Waals surface area contributed by atoms with Gasteiger partial charge in [-0.25, -0.2) is 4.98 Å². The number of nitrogen functional groups attached to an aromatic ring is 1. The van der Waals surface area contributed by atoms with Crippen molar-refractivity contribution in [3.63, 3.8) is 0 Å². The van der Waals surface area contributed by atoms with Crippen molar-refractivity contribution in [2.75, 3.05) is 11.1 Å². The Kier molecular flexibility index (Phi) is 4.12. The molecule has 0 saturated carbocycles. The third-order valence-corrected chi connectivity index (χ3v) is 2.25. The predicted molar refractivity (Wildman–Crippen MR) is 65.9 cm³/mol. The molecule has 1 aromatic heterocycles. The zero-order valence-corrected chi connectivity index (χ0v) is 9.99. The van der Waals surface area contributed by atoms with Gasteiger partial charge in [-0.1, -0.05) is 13.8 Å². The van der Waals surface area contributed by atoms with E-state index in [1.54, 1.807) is 12.1 Å². The van der Waals surface area contributed by atoms with E-state index in [2.05, 4.69) is 31.1 Å². The maximum Gasteiger partial charge on any atom is 0.165 e. The highest BCUT2D eigenvalue weighted by Gasteiger charge is 2.07. The van der Waals surface area contributed by atoms with Gasteiger partial charge in [-0.15, -0.1) is 0 Å². The Morgan fingerprint density at radius 1 is 1.44 bits per heavy atom. The molecule has 0 bridgehead atoms. The average Bonchev–Trinajstić information content (AvgIpc) is 2.19. The molecule has 0 aliphatic heterocycles. The van der Waals surface area contributed by atoms with Crippen LogP contribution in [0, 0.1) is 17.2 Å². The number of hydrogen-bond acceptors (Lipinski definition) is 4. The predicted octanol–water partition coefficient (Wildman–Crippen LogP) is 2.38. The van der Waals surface area contributed by atoms with Crippen molar-refractivity contribution in [1.29, 1.82) is 5.26 Å². The first kappa shape index (κ1) is 12.3. The Morgan fingerprint density at radius 2 is 2.12 bits per heavy atom. The molecule has 86 valence electrons. The van der Waals surface area contributed by atoms with Crippen molar-refractivity contribution in [1.82, 2.24) is 4.98 Å². The Hall–Kier alpha value is -1.76. The molecular weight excluding hydrogens is 200 g/mol. The molecule has 0 fully saturated rings. The van der Waals surface area contributed by atoms with E-state index in [-0.39, 0.29) is 5.69 Å². The van der Waals surface area contributed by atoms with Crippen molar-refractivity contribution >= 4 is 11.5 Å². The fourth-order valence-corrected chi connectivity index (χ4v) is 1.66. The Balaban J connectivity index is 2.71. The highest BCUT2D eigenvalue weighted by atomic mass is 15.0. The smallest absolute Gasteiger partial charge is 0.165 e. The van der Waals surface area contributed by atoms with Crippen molar-refractivity contribution in [2.24, 2.45) is 5.92 Å². The van der Waals surface area contributed by atoms with Crippen LogP contribution in [0.25, 0.3) is 0 Å². The van der Waals surface area contributed by atoms with Gasteiger partial charge in [-0.2, -0.15) is 5.26 Å². The summed E-state index contributed by atoms with van der Waals surface area (Å²) >= 11 is 0. The van der Waals surface area contributed by atoms with Crippen molar-refractivity contribution in [3.8, 4) is 6.07 Å². The minimum Gasteiger partial charge on any atom is -0.396 e. The van der Waals surface area contributed by atoms with Crippen LogP contribution < -0.4 is 11.1 Å². The van der Waals surface area contributed by atoms with Crippen LogP contribution in [-0.4, -0.2) is 11.0 Å². The van der Waals surface area contributed by atoms with E-state index >= 15 is 0 Å². The Bertz CT molecular complexity index is 392. The van der Waals surface area contributed by atoms with Gasteiger partial charge in [0.2, 0.25) is 0 Å². The van der Waals surface area contributed by atoms with Crippen LogP contribution in [0.3, 0.4) is 0 Å². The first-order chi connectivity index (χ1) is 7.52. The molecule has 0 aliphatic carbocycles. The fraction of sp³-hybridized carbons (Fsp3) is 0.500. The van der Waals surface area contributed by atoms with Gasteiger partial charge >= 0.3 is 0 Å². The van der Waals surface area contributed by atoms with E-state index in [4.69, 9.17) is 11.0 Å². The lowest BCUT2D eigenvalue weighted by Gasteiger charge is -2.16. The topological polar surface area (TPSA) is 74.7 Å². The molecule has 1 rings (SSSR count). The summed E-state index contributed by atoms with van der Waals surface area (Å²) < 4.78 is 0. The van der Waals surface area contributed by atoms with Crippen LogP contribution >= 0.6 is 0 Å². The van der Waals surface area contributed by atoms with E-state index < -0.39 is 0 Å². The average molecular weight is 218 g/mol. The first-order valence-electron chi connectivity index (χ1n) is 5.46. The first-order valence-corrected chi connectivity index (χ1v) is 5.46. The number of nitrogens with two attached hydrogens (primary N) is 1. The third kappa shape index (κ3) is 3.43. The van der Waals surface area contributed by atoms with E-state index in [1.807, 2.05) is 6.07 Å². The van der Waals surface area contributed by atoms with E-state index in [0.29, 0.717) is 23.5 Å². The van der Waals surface area contributed by atoms with E-state index in [0.717, 1.165) is 6.42 Å². The molecule has 3 N–H and O–H groups in total. The second kappa shape index (κ2) is 5.36. The summed E-state index contributed by atoms with van der Waals surface area (Å²) in [6.45, 7) is 6.45. The molecule has 0 saturated heterocycles. The second-order valence-corrected chi connectivity index (χ2v) is 4.42. The lowest BCUT2D eigenvalue weighted by molar-refractivity contribution is 0.539. The monoisotopic (exact) mass is 218 g/mol. The number of aromatic nitrogens is 1. The largest absolute Gasteiger partial charge is 0.396 e. The number of nitriles is 1. The quantitative estimate of drug-likeness (QED) is 0.813. The number of nitrogens with zero attached hydrogens (tertiary/aromatic N) is 2. The van der Waals surface area contributed by atoms with Gasteiger partial charge in [0.05, 0.1) is 5.69 Å². The highest BCUT2D eigenvalue weighted by Crippen LogP contribution is 2.14. The van der Waals surface area contributed by atoms with Gasteiger partial charge in [-0.05, 0) is 31.4 Å². The summed E-state index contributed by atoms with van der Waals surface area (Å²) in [7, 11) is 0. The number of nitrogens with one attached hydrogen (secondary N) is 1. The third-order valence-electron chi connectivity index (χ3n) is 2.25. The zero-order valence-electron chi connectivity index (χ0n) is 9.99. The summed E-state index contributed by atoms with van der Waals surface area (Å²) in [6, 6.07) is 5.81. The molecule has 1 aromatic rings. The summed E-state index contributed by atoms with van der Waals surface area (Å²) in [5.74, 6) is 1.34. The highest BCUT2D eigenvalue weighted by molar-refractivity contribution is 5.54. The molecular formula is C12H18N4. The van der Waals surface area contributed by atoms with Crippen LogP contribution in [0.5, 0.6) is 0 Å². The molecule has 0 aromatic carbocycles. The minimum absolute atomic E-state index is 0.279. The van der Waals surface area contributed by atoms with Gasteiger partial charge in [0.15, 0.2) is 5.69 Å². The summed E-state index contributed by atoms with van der Waals surface area (Å²) in [5.41, 5.74) is 6.30. The normalized spacial score (nSPS) is 12.2. The van der Waals surface area contributed by atoms with E-state index in [9.17, 15) is 0 Å². The van der Waals surface area contributed by atoms with Gasteiger partial charge in [0, 0.05) is 6.04 Å². The number of anilines is 2. The van der Waals surface area contributed by atoms with Crippen molar-refractivity contribution in [2.45, 2.75) is 33.2 Å². The SMILES string of the molecule is CC(C)CC(C)Nc1ccc(N)c(C#N)n1. The lowest BCUT2D eigenvalue weighted by Crippen LogP contribution is -2.18. The zero-order chi connectivity index (χ0) is 12.1. The van der Waals surface area contributed by atoms with Gasteiger partial charge in [0.1, 0.15) is 11.9 Å². The summed E-state index contributed by atoms with van der Waals surface area (Å²) in [5, 5.41) is 12.1. The molecule has 4 nitrogen and oxygen atoms in total. The standard InChI is InChI=1S/C12H18N4/c1-8(2)6-9(3)15-12-5-4-10(14)11(7-13)16-12/h4-5,8-9H,6,14H2,1-3H3,(H,15,16). The molecule has 0 spiro atoms. The summed E-state index contributed by atoms with van der Waals surface area (Å²) in [6.07, 6.45) is 1.06. The van der Waals surface area contributed by atoms with Crippen molar-refractivity contribution < 1.29 is 0 Å². The number of hydrogen-bond donors (Lipinski definition) is 2. The van der Waals surface area contributed by atoms with Crippen LogP contribution in [0.1, 0.15) is 32.9 Å². The van der Waals surface area contributed by atoms with E-state index in [1.165, 1.54) is 0 Å². The van der Waals surface area contributed by atoms with Gasteiger partial charge < -0.3 is 11.1 Å². The van der Waals surface area contributed by atoms with Crippen molar-refractivity contribution in [3.05, 3.63) is 17.8 Å². The maximum absolute atomic E-state index is 8.80. The Morgan fingerprint density at radius 3 is 2.69 bits per heavy atom. The van der Waals surface area contributed by atoms with Crippen LogP contribution in [0.15, 0.2) is 12.1 Å². The molecule has 1 atom stereocenters. The molecule has 0 amide bonds.